The molecule has 0 aromatic rings. The molecule has 1 rings (SSSR count). The molecule has 8 heteroatoms. The van der Waals surface area contributed by atoms with E-state index in [1.54, 1.807) is 0 Å². The van der Waals surface area contributed by atoms with Gasteiger partial charge in [0.15, 0.2) is 0 Å². The zero-order valence-electron chi connectivity index (χ0n) is 20.4. The molecule has 178 valence electrons. The lowest BCUT2D eigenvalue weighted by Crippen LogP contribution is -2.63. The van der Waals surface area contributed by atoms with Crippen LogP contribution >= 0.6 is 0 Å². The summed E-state index contributed by atoms with van der Waals surface area (Å²) in [6, 6.07) is -3.15. The molecule has 0 radical (unpaired) electrons. The minimum atomic E-state index is -0.800. The van der Waals surface area contributed by atoms with Crippen molar-refractivity contribution in [3.8, 4) is 0 Å². The normalized spacial score (nSPS) is 27.2. The highest BCUT2D eigenvalue weighted by Gasteiger charge is 2.36. The van der Waals surface area contributed by atoms with E-state index in [9.17, 15) is 19.2 Å². The van der Waals surface area contributed by atoms with Crippen molar-refractivity contribution in [2.24, 2.45) is 23.7 Å². The Kier molecular flexibility index (Phi) is 10.5. The van der Waals surface area contributed by atoms with Gasteiger partial charge in [-0.05, 0) is 36.5 Å². The molecule has 4 amide bonds. The van der Waals surface area contributed by atoms with Crippen LogP contribution in [0.3, 0.4) is 0 Å². The number of carbonyl (C=O) groups is 4. The Labute approximate surface area is 187 Å². The van der Waals surface area contributed by atoms with E-state index >= 15 is 0 Å². The molecule has 5 atom stereocenters. The molecule has 0 aromatic heterocycles. The third kappa shape index (κ3) is 8.15. The molecular weight excluding hydrogens is 396 g/mol. The molecule has 1 aliphatic heterocycles. The van der Waals surface area contributed by atoms with Gasteiger partial charge in [-0.3, -0.25) is 19.2 Å². The van der Waals surface area contributed by atoms with E-state index in [1.165, 1.54) is 0 Å². The smallest absolute Gasteiger partial charge is 0.243 e. The second-order valence-corrected chi connectivity index (χ2v) is 9.98. The first-order valence-corrected chi connectivity index (χ1v) is 11.6. The lowest BCUT2D eigenvalue weighted by atomic mass is 9.94. The molecule has 0 aliphatic carbocycles. The van der Waals surface area contributed by atoms with E-state index in [0.29, 0.717) is 19.3 Å². The Morgan fingerprint density at radius 1 is 0.613 bits per heavy atom. The van der Waals surface area contributed by atoms with E-state index in [1.807, 2.05) is 55.4 Å². The minimum Gasteiger partial charge on any atom is -0.343 e. The SMILES string of the molecule is CCC(C)C1NC(=O)C(CC(C)C)NC(=O)C(C(C)C)NC(=O)C(CC(C)C)NC1=O. The summed E-state index contributed by atoms with van der Waals surface area (Å²) >= 11 is 0. The number of amides is 4. The molecule has 4 N–H and O–H groups in total. The van der Waals surface area contributed by atoms with Crippen LogP contribution in [0.25, 0.3) is 0 Å². The molecule has 0 saturated carbocycles. The van der Waals surface area contributed by atoms with E-state index in [-0.39, 0.29) is 47.3 Å². The average molecular weight is 439 g/mol. The largest absolute Gasteiger partial charge is 0.343 e. The van der Waals surface area contributed by atoms with Gasteiger partial charge in [-0.1, -0.05) is 61.8 Å². The van der Waals surface area contributed by atoms with Gasteiger partial charge in [0.1, 0.15) is 24.2 Å². The van der Waals surface area contributed by atoms with Gasteiger partial charge in [-0.2, -0.15) is 0 Å². The quantitative estimate of drug-likeness (QED) is 0.484. The van der Waals surface area contributed by atoms with Crippen LogP contribution in [-0.2, 0) is 19.2 Å². The average Bonchev–Trinajstić information content (AvgIpc) is 2.66. The fraction of sp³-hybridized carbons (Fsp3) is 0.826. The van der Waals surface area contributed by atoms with Crippen LogP contribution < -0.4 is 21.3 Å². The molecule has 8 nitrogen and oxygen atoms in total. The van der Waals surface area contributed by atoms with Crippen molar-refractivity contribution in [2.75, 3.05) is 0 Å². The van der Waals surface area contributed by atoms with Crippen LogP contribution in [0.1, 0.15) is 74.7 Å². The Morgan fingerprint density at radius 3 is 1.35 bits per heavy atom. The van der Waals surface area contributed by atoms with E-state index < -0.39 is 24.2 Å². The molecular formula is C23H42N4O4. The van der Waals surface area contributed by atoms with Gasteiger partial charge in [-0.25, -0.2) is 0 Å². The van der Waals surface area contributed by atoms with Gasteiger partial charge < -0.3 is 21.3 Å². The first kappa shape index (κ1) is 26.9. The van der Waals surface area contributed by atoms with Crippen molar-refractivity contribution < 1.29 is 19.2 Å². The molecule has 1 fully saturated rings. The molecule has 0 bridgehead atoms. The summed E-state index contributed by atoms with van der Waals surface area (Å²) in [5.41, 5.74) is 0. The first-order valence-electron chi connectivity index (χ1n) is 11.6. The minimum absolute atomic E-state index is 0.131. The number of hydrogen-bond acceptors (Lipinski definition) is 4. The maximum Gasteiger partial charge on any atom is 0.243 e. The summed E-state index contributed by atoms with van der Waals surface area (Å²) in [6.07, 6.45) is 1.54. The number of hydrogen-bond donors (Lipinski definition) is 4. The highest BCUT2D eigenvalue weighted by atomic mass is 16.2. The Hall–Kier alpha value is -2.12. The van der Waals surface area contributed by atoms with Gasteiger partial charge >= 0.3 is 0 Å². The summed E-state index contributed by atoms with van der Waals surface area (Å²) in [5.74, 6) is -1.53. The summed E-state index contributed by atoms with van der Waals surface area (Å²) < 4.78 is 0. The van der Waals surface area contributed by atoms with Gasteiger partial charge in [0.05, 0.1) is 0 Å². The van der Waals surface area contributed by atoms with Crippen LogP contribution in [0.2, 0.25) is 0 Å². The fourth-order valence-electron chi connectivity index (χ4n) is 3.67. The van der Waals surface area contributed by atoms with Crippen LogP contribution in [0.15, 0.2) is 0 Å². The zero-order chi connectivity index (χ0) is 23.9. The van der Waals surface area contributed by atoms with Crippen molar-refractivity contribution in [3.05, 3.63) is 0 Å². The number of carbonyl (C=O) groups excluding carboxylic acids is 4. The second kappa shape index (κ2) is 12.1. The second-order valence-electron chi connectivity index (χ2n) is 9.98. The fourth-order valence-corrected chi connectivity index (χ4v) is 3.67. The monoisotopic (exact) mass is 438 g/mol. The van der Waals surface area contributed by atoms with Crippen LogP contribution in [0, 0.1) is 23.7 Å². The number of nitrogens with one attached hydrogen (secondary N) is 4. The standard InChI is InChI=1S/C23H42N4O4/c1-9-15(8)19-23(31)25-16(10-12(2)3)20(28)26-18(14(6)7)22(30)24-17(11-13(4)5)21(29)27-19/h12-19H,9-11H2,1-8H3,(H,24,30)(H,25,31)(H,26,28)(H,27,29). The Balaban J connectivity index is 3.38. The van der Waals surface area contributed by atoms with Crippen molar-refractivity contribution >= 4 is 23.6 Å². The Morgan fingerprint density at radius 2 is 1.00 bits per heavy atom. The lowest BCUT2D eigenvalue weighted by molar-refractivity contribution is -0.138. The van der Waals surface area contributed by atoms with Crippen molar-refractivity contribution in [3.63, 3.8) is 0 Å². The number of rotatable bonds is 7. The predicted molar refractivity (Wildman–Crippen MR) is 121 cm³/mol. The van der Waals surface area contributed by atoms with Gasteiger partial charge in [0.25, 0.3) is 0 Å². The van der Waals surface area contributed by atoms with Crippen molar-refractivity contribution in [1.29, 1.82) is 0 Å². The Bertz CT molecular complexity index is 639. The van der Waals surface area contributed by atoms with Crippen molar-refractivity contribution in [1.82, 2.24) is 21.3 Å². The van der Waals surface area contributed by atoms with Gasteiger partial charge in [0, 0.05) is 0 Å². The van der Waals surface area contributed by atoms with E-state index in [2.05, 4.69) is 21.3 Å². The third-order valence-corrected chi connectivity index (χ3v) is 5.72. The predicted octanol–water partition coefficient (Wildman–Crippen LogP) is 1.73. The summed E-state index contributed by atoms with van der Waals surface area (Å²) in [7, 11) is 0. The molecule has 1 aliphatic rings. The summed E-state index contributed by atoms with van der Waals surface area (Å²) in [4.78, 5) is 52.3. The molecule has 0 spiro atoms. The third-order valence-electron chi connectivity index (χ3n) is 5.72. The molecule has 0 aromatic carbocycles. The van der Waals surface area contributed by atoms with Crippen LogP contribution in [0.4, 0.5) is 0 Å². The van der Waals surface area contributed by atoms with Crippen LogP contribution in [0.5, 0.6) is 0 Å². The van der Waals surface area contributed by atoms with Crippen molar-refractivity contribution in [2.45, 2.75) is 98.8 Å². The van der Waals surface area contributed by atoms with E-state index in [0.717, 1.165) is 0 Å². The topological polar surface area (TPSA) is 116 Å². The molecule has 31 heavy (non-hydrogen) atoms. The molecule has 1 heterocycles. The zero-order valence-corrected chi connectivity index (χ0v) is 20.4. The highest BCUT2D eigenvalue weighted by Crippen LogP contribution is 2.14. The van der Waals surface area contributed by atoms with E-state index in [4.69, 9.17) is 0 Å². The molecule has 1 saturated heterocycles. The summed E-state index contributed by atoms with van der Waals surface area (Å²) in [6.45, 7) is 15.4. The highest BCUT2D eigenvalue weighted by molar-refractivity contribution is 5.97. The first-order chi connectivity index (χ1) is 14.4. The lowest BCUT2D eigenvalue weighted by Gasteiger charge is -2.32. The maximum atomic E-state index is 13.1. The summed E-state index contributed by atoms with van der Waals surface area (Å²) in [5, 5.41) is 11.3. The molecule has 5 unspecified atom stereocenters. The van der Waals surface area contributed by atoms with Crippen LogP contribution in [-0.4, -0.2) is 47.8 Å². The maximum absolute atomic E-state index is 13.1. The van der Waals surface area contributed by atoms with Gasteiger partial charge in [-0.15, -0.1) is 0 Å². The van der Waals surface area contributed by atoms with Gasteiger partial charge in [0.2, 0.25) is 23.6 Å².